The molecule has 0 heterocycles. The van der Waals surface area contributed by atoms with Gasteiger partial charge in [0.15, 0.2) is 9.84 Å². The van der Waals surface area contributed by atoms with Crippen LogP contribution in [0.5, 0.6) is 0 Å². The van der Waals surface area contributed by atoms with E-state index in [1.54, 1.807) is 13.8 Å². The van der Waals surface area contributed by atoms with Crippen molar-refractivity contribution in [3.05, 3.63) is 28.8 Å². The van der Waals surface area contributed by atoms with Gasteiger partial charge < -0.3 is 5.11 Å². The molecule has 0 spiro atoms. The molecule has 0 radical (unpaired) electrons. The van der Waals surface area contributed by atoms with Crippen LogP contribution in [-0.4, -0.2) is 25.2 Å². The Kier molecular flexibility index (Phi) is 4.79. The van der Waals surface area contributed by atoms with E-state index in [0.717, 1.165) is 12.1 Å². The third-order valence-corrected chi connectivity index (χ3v) is 4.85. The van der Waals surface area contributed by atoms with Gasteiger partial charge in [-0.3, -0.25) is 0 Å². The summed E-state index contributed by atoms with van der Waals surface area (Å²) in [7, 11) is -3.60. The number of carbonyl (C=O) groups is 1. The third-order valence-electron chi connectivity index (χ3n) is 2.83. The van der Waals surface area contributed by atoms with Gasteiger partial charge in [-0.1, -0.05) is 11.6 Å². The van der Waals surface area contributed by atoms with E-state index in [4.69, 9.17) is 22.0 Å². The number of benzene rings is 1. The first-order valence-corrected chi connectivity index (χ1v) is 7.79. The zero-order valence-corrected chi connectivity index (χ0v) is 12.6. The summed E-state index contributed by atoms with van der Waals surface area (Å²) in [6.45, 7) is 3.31. The van der Waals surface area contributed by atoms with Crippen molar-refractivity contribution in [1.29, 1.82) is 5.26 Å². The maximum absolute atomic E-state index is 12.1. The van der Waals surface area contributed by atoms with Gasteiger partial charge in [0.25, 0.3) is 0 Å². The summed E-state index contributed by atoms with van der Waals surface area (Å²) in [5, 5.41) is 17.6. The first-order valence-electron chi connectivity index (χ1n) is 5.76. The Morgan fingerprint density at radius 3 is 2.50 bits per heavy atom. The Bertz CT molecular complexity index is 674. The Morgan fingerprint density at radius 1 is 1.45 bits per heavy atom. The third kappa shape index (κ3) is 3.95. The van der Waals surface area contributed by atoms with E-state index in [1.165, 1.54) is 6.07 Å². The summed E-state index contributed by atoms with van der Waals surface area (Å²) < 4.78 is 24.2. The van der Waals surface area contributed by atoms with Gasteiger partial charge in [0.05, 0.1) is 32.7 Å². The van der Waals surface area contributed by atoms with Crippen molar-refractivity contribution in [2.24, 2.45) is 5.41 Å². The molecule has 1 rings (SSSR count). The molecule has 5 nitrogen and oxygen atoms in total. The van der Waals surface area contributed by atoms with E-state index in [9.17, 15) is 13.2 Å². The minimum absolute atomic E-state index is 0.0405. The normalized spacial score (nSPS) is 11.9. The van der Waals surface area contributed by atoms with E-state index >= 15 is 0 Å². The van der Waals surface area contributed by atoms with Crippen LogP contribution in [0.2, 0.25) is 5.02 Å². The van der Waals surface area contributed by atoms with Gasteiger partial charge in [-0.2, -0.15) is 5.26 Å². The van der Waals surface area contributed by atoms with Gasteiger partial charge in [0.2, 0.25) is 0 Å². The lowest BCUT2D eigenvalue weighted by molar-refractivity contribution is 0.0697. The van der Waals surface area contributed by atoms with Crippen LogP contribution in [0.1, 0.15) is 30.6 Å². The molecule has 1 aromatic rings. The zero-order chi connectivity index (χ0) is 15.6. The first-order chi connectivity index (χ1) is 9.09. The fourth-order valence-corrected chi connectivity index (χ4v) is 3.34. The minimum Gasteiger partial charge on any atom is -0.478 e. The van der Waals surface area contributed by atoms with Gasteiger partial charge in [-0.25, -0.2) is 13.2 Å². The average molecular weight is 316 g/mol. The van der Waals surface area contributed by atoms with Gasteiger partial charge in [0.1, 0.15) is 0 Å². The van der Waals surface area contributed by atoms with E-state index in [0.29, 0.717) is 0 Å². The fraction of sp³-hybridized carbons (Fsp3) is 0.385. The maximum atomic E-state index is 12.1. The SMILES string of the molecule is CC(C)(C#N)CCS(=O)(=O)c1ccc(C(=O)O)c(Cl)c1. The summed E-state index contributed by atoms with van der Waals surface area (Å²) in [6, 6.07) is 5.53. The lowest BCUT2D eigenvalue weighted by atomic mass is 9.93. The summed E-state index contributed by atoms with van der Waals surface area (Å²) in [6.07, 6.45) is 0.185. The van der Waals surface area contributed by atoms with E-state index < -0.39 is 21.2 Å². The second kappa shape index (κ2) is 5.81. The minimum atomic E-state index is -3.60. The molecular weight excluding hydrogens is 302 g/mol. The molecule has 0 aliphatic rings. The molecule has 0 unspecified atom stereocenters. The van der Waals surface area contributed by atoms with Crippen molar-refractivity contribution in [1.82, 2.24) is 0 Å². The molecule has 0 aliphatic carbocycles. The number of nitrogens with zero attached hydrogens (tertiary/aromatic N) is 1. The molecule has 0 saturated carbocycles. The van der Waals surface area contributed by atoms with Crippen molar-refractivity contribution >= 4 is 27.4 Å². The number of nitriles is 1. The van der Waals surface area contributed by atoms with E-state index in [-0.39, 0.29) is 27.7 Å². The highest BCUT2D eigenvalue weighted by atomic mass is 35.5. The Balaban J connectivity index is 3.03. The van der Waals surface area contributed by atoms with Crippen molar-refractivity contribution in [3.8, 4) is 6.07 Å². The summed E-state index contributed by atoms with van der Waals surface area (Å²) in [4.78, 5) is 10.8. The predicted octanol–water partition coefficient (Wildman–Crippen LogP) is 2.75. The standard InChI is InChI=1S/C13H14ClNO4S/c1-13(2,8-15)5-6-20(18,19)9-3-4-10(12(16)17)11(14)7-9/h3-4,7H,5-6H2,1-2H3,(H,16,17). The molecule has 0 fully saturated rings. The van der Waals surface area contributed by atoms with Crippen LogP contribution in [0.4, 0.5) is 0 Å². The van der Waals surface area contributed by atoms with Crippen molar-refractivity contribution in [2.45, 2.75) is 25.2 Å². The smallest absolute Gasteiger partial charge is 0.337 e. The van der Waals surface area contributed by atoms with E-state index in [1.807, 2.05) is 6.07 Å². The molecule has 0 atom stereocenters. The van der Waals surface area contributed by atoms with Gasteiger partial charge >= 0.3 is 5.97 Å². The molecule has 20 heavy (non-hydrogen) atoms. The molecule has 0 amide bonds. The Hall–Kier alpha value is -1.58. The topological polar surface area (TPSA) is 95.2 Å². The largest absolute Gasteiger partial charge is 0.478 e. The Labute approximate surface area is 122 Å². The monoisotopic (exact) mass is 315 g/mol. The van der Waals surface area contributed by atoms with Crippen LogP contribution in [0.25, 0.3) is 0 Å². The van der Waals surface area contributed by atoms with Gasteiger partial charge in [-0.05, 0) is 38.5 Å². The van der Waals surface area contributed by atoms with Gasteiger partial charge in [0, 0.05) is 0 Å². The molecular formula is C13H14ClNO4S. The first kappa shape index (κ1) is 16.5. The lowest BCUT2D eigenvalue weighted by Crippen LogP contribution is -2.16. The lowest BCUT2D eigenvalue weighted by Gasteiger charge is -2.14. The Morgan fingerprint density at radius 2 is 2.05 bits per heavy atom. The van der Waals surface area contributed by atoms with Crippen molar-refractivity contribution < 1.29 is 18.3 Å². The number of hydrogen-bond donors (Lipinski definition) is 1. The quantitative estimate of drug-likeness (QED) is 0.901. The highest BCUT2D eigenvalue weighted by Gasteiger charge is 2.23. The summed E-state index contributed by atoms with van der Waals surface area (Å²) in [5.41, 5.74) is -0.888. The maximum Gasteiger partial charge on any atom is 0.337 e. The molecule has 0 bridgehead atoms. The molecule has 0 saturated heterocycles. The predicted molar refractivity (Wildman–Crippen MR) is 74.5 cm³/mol. The molecule has 108 valence electrons. The van der Waals surface area contributed by atoms with Crippen molar-refractivity contribution in [3.63, 3.8) is 0 Å². The van der Waals surface area contributed by atoms with Crippen LogP contribution in [0.3, 0.4) is 0 Å². The number of halogens is 1. The van der Waals surface area contributed by atoms with Crippen LogP contribution < -0.4 is 0 Å². The van der Waals surface area contributed by atoms with E-state index in [2.05, 4.69) is 0 Å². The fourth-order valence-electron chi connectivity index (χ4n) is 1.43. The number of aromatic carboxylic acids is 1. The number of carboxylic acids is 1. The molecule has 7 heteroatoms. The van der Waals surface area contributed by atoms with Gasteiger partial charge in [-0.15, -0.1) is 0 Å². The van der Waals surface area contributed by atoms with Crippen LogP contribution in [0, 0.1) is 16.7 Å². The highest BCUT2D eigenvalue weighted by Crippen LogP contribution is 2.25. The number of sulfone groups is 1. The molecule has 1 aromatic carbocycles. The molecule has 1 N–H and O–H groups in total. The summed E-state index contributed by atoms with van der Waals surface area (Å²) >= 11 is 5.75. The summed E-state index contributed by atoms with van der Waals surface area (Å²) in [5.74, 6) is -1.42. The van der Waals surface area contributed by atoms with Crippen LogP contribution in [-0.2, 0) is 9.84 Å². The number of rotatable bonds is 5. The average Bonchev–Trinajstić information content (AvgIpc) is 2.36. The number of carboxylic acid groups (broad SMARTS) is 1. The number of hydrogen-bond acceptors (Lipinski definition) is 4. The second-order valence-corrected chi connectivity index (χ2v) is 7.53. The van der Waals surface area contributed by atoms with Crippen LogP contribution >= 0.6 is 11.6 Å². The van der Waals surface area contributed by atoms with Crippen LogP contribution in [0.15, 0.2) is 23.1 Å². The molecule has 0 aromatic heterocycles. The van der Waals surface area contributed by atoms with Crippen molar-refractivity contribution in [2.75, 3.05) is 5.75 Å². The zero-order valence-electron chi connectivity index (χ0n) is 11.1. The second-order valence-electron chi connectivity index (χ2n) is 5.01. The highest BCUT2D eigenvalue weighted by molar-refractivity contribution is 7.91. The molecule has 0 aliphatic heterocycles.